The van der Waals surface area contributed by atoms with Gasteiger partial charge < -0.3 is 0 Å². The van der Waals surface area contributed by atoms with Crippen LogP contribution < -0.4 is 4.57 Å². The first-order valence-electron chi connectivity index (χ1n) is 4.12. The van der Waals surface area contributed by atoms with Gasteiger partial charge in [0.1, 0.15) is 11.4 Å². The summed E-state index contributed by atoms with van der Waals surface area (Å²) in [6.07, 6.45) is 2.07. The van der Waals surface area contributed by atoms with E-state index < -0.39 is 7.81 Å². The van der Waals surface area contributed by atoms with E-state index in [2.05, 4.69) is 43.4 Å². The van der Waals surface area contributed by atoms with Crippen LogP contribution in [-0.4, -0.2) is 4.57 Å². The van der Waals surface area contributed by atoms with Gasteiger partial charge in [-0.15, -0.1) is 0 Å². The molecule has 0 aliphatic rings. The fourth-order valence-electron chi connectivity index (χ4n) is 0.943. The Kier molecular flexibility index (Phi) is 4.54. The van der Waals surface area contributed by atoms with E-state index >= 15 is 0 Å². The first-order valence-corrected chi connectivity index (χ1v) is 6.15. The van der Waals surface area contributed by atoms with Crippen molar-refractivity contribution >= 4 is 7.81 Å². The summed E-state index contributed by atoms with van der Waals surface area (Å²) >= 11 is 0. The van der Waals surface area contributed by atoms with Crippen LogP contribution in [0.5, 0.6) is 0 Å². The van der Waals surface area contributed by atoms with Gasteiger partial charge in [-0.05, 0) is 0 Å². The number of aryl methyl sites for hydroxylation is 2. The van der Waals surface area contributed by atoms with Crippen molar-refractivity contribution in [3.8, 4) is 0 Å². The molecule has 0 saturated carbocycles. The topological polar surface area (TPSA) is 8.81 Å². The van der Waals surface area contributed by atoms with E-state index in [1.54, 1.807) is 0 Å². The Morgan fingerprint density at radius 3 is 1.41 bits per heavy atom. The monoisotopic (exact) mass is 286 g/mol. The molecule has 0 amide bonds. The number of aromatic nitrogens is 2. The van der Waals surface area contributed by atoms with Crippen molar-refractivity contribution in [3.63, 3.8) is 0 Å². The minimum absolute atomic E-state index is 0. The van der Waals surface area contributed by atoms with Crippen molar-refractivity contribution in [1.82, 2.24) is 4.57 Å². The van der Waals surface area contributed by atoms with Gasteiger partial charge >= 0.3 is 33.0 Å². The number of rotatable bonds is 0. The van der Waals surface area contributed by atoms with Gasteiger partial charge in [0.15, 0.2) is 0 Å². The van der Waals surface area contributed by atoms with Crippen LogP contribution in [0.15, 0.2) is 6.33 Å². The third-order valence-electron chi connectivity index (χ3n) is 1.93. The van der Waals surface area contributed by atoms with Crippen LogP contribution in [0.3, 0.4) is 0 Å². The Balaban J connectivity index is 0. The maximum absolute atomic E-state index is 10.7. The molecule has 0 N–H and O–H groups in total. The standard InChI is InChI=1S/C7H13N2.CH4.F6P/c1-6-7(2)9(4)5-8(6)3;;1-7(2,3,4,5)6/h5H,1-4H3;1H4;/q+1;;-1. The molecule has 2 nitrogen and oxygen atoms in total. The maximum atomic E-state index is 9.87. The van der Waals surface area contributed by atoms with E-state index in [1.165, 1.54) is 11.4 Å². The second-order valence-electron chi connectivity index (χ2n) is 3.47. The quantitative estimate of drug-likeness (QED) is 0.377. The average molecular weight is 286 g/mol. The van der Waals surface area contributed by atoms with Gasteiger partial charge in [0, 0.05) is 13.8 Å². The molecule has 9 heteroatoms. The Labute approximate surface area is 96.1 Å². The van der Waals surface area contributed by atoms with Crippen molar-refractivity contribution in [1.29, 1.82) is 0 Å². The van der Waals surface area contributed by atoms with Crippen molar-refractivity contribution in [2.75, 3.05) is 0 Å². The molecule has 0 aliphatic carbocycles. The summed E-state index contributed by atoms with van der Waals surface area (Å²) in [6, 6.07) is 0. The summed E-state index contributed by atoms with van der Waals surface area (Å²) in [5.74, 6) is 0. The van der Waals surface area contributed by atoms with Crippen LogP contribution in [0, 0.1) is 13.8 Å². The first-order chi connectivity index (χ1) is 6.58. The molecule has 106 valence electrons. The molecule has 1 rings (SSSR count). The van der Waals surface area contributed by atoms with Crippen LogP contribution in [0.1, 0.15) is 18.8 Å². The van der Waals surface area contributed by atoms with E-state index in [-0.39, 0.29) is 7.43 Å². The summed E-state index contributed by atoms with van der Waals surface area (Å²) in [5, 5.41) is 0. The van der Waals surface area contributed by atoms with Crippen molar-refractivity contribution in [2.45, 2.75) is 21.3 Å². The molecule has 0 radical (unpaired) electrons. The minimum atomic E-state index is -10.7. The summed E-state index contributed by atoms with van der Waals surface area (Å²) in [7, 11) is -6.54. The number of hydrogen-bond donors (Lipinski definition) is 0. The second-order valence-corrected chi connectivity index (χ2v) is 5.38. The molecule has 0 aliphatic heterocycles. The molecule has 17 heavy (non-hydrogen) atoms. The molecular formula is C8H17F6N2P. The Morgan fingerprint density at radius 2 is 1.35 bits per heavy atom. The van der Waals surface area contributed by atoms with Crippen LogP contribution in [0.2, 0.25) is 0 Å². The molecule has 0 saturated heterocycles. The molecule has 0 unspecified atom stereocenters. The van der Waals surface area contributed by atoms with Gasteiger partial charge in [-0.3, -0.25) is 0 Å². The average Bonchev–Trinajstić information content (AvgIpc) is 2.11. The number of imidazole rings is 1. The third kappa shape index (κ3) is 11.5. The first kappa shape index (κ1) is 18.6. The van der Waals surface area contributed by atoms with Crippen molar-refractivity contribution in [2.24, 2.45) is 14.1 Å². The van der Waals surface area contributed by atoms with Gasteiger partial charge in [-0.25, -0.2) is 9.13 Å². The fraction of sp³-hybridized carbons (Fsp3) is 0.625. The van der Waals surface area contributed by atoms with Crippen LogP contribution in [0.25, 0.3) is 0 Å². The number of halogens is 6. The molecule has 1 aromatic rings. The summed E-state index contributed by atoms with van der Waals surface area (Å²) in [6.45, 7) is 4.24. The predicted molar refractivity (Wildman–Crippen MR) is 56.4 cm³/mol. The van der Waals surface area contributed by atoms with Crippen LogP contribution in [0.4, 0.5) is 25.2 Å². The third-order valence-corrected chi connectivity index (χ3v) is 1.93. The second kappa shape index (κ2) is 4.15. The molecular weight excluding hydrogens is 269 g/mol. The molecule has 0 fully saturated rings. The fourth-order valence-corrected chi connectivity index (χ4v) is 0.943. The van der Waals surface area contributed by atoms with Crippen molar-refractivity contribution in [3.05, 3.63) is 17.7 Å². The Hall–Kier alpha value is -0.780. The van der Waals surface area contributed by atoms with E-state index in [0.717, 1.165) is 0 Å². The zero-order chi connectivity index (χ0) is 13.4. The van der Waals surface area contributed by atoms with E-state index in [4.69, 9.17) is 0 Å². The molecule has 1 aromatic heterocycles. The number of nitrogens with zero attached hydrogens (tertiary/aromatic N) is 2. The zero-order valence-electron chi connectivity index (χ0n) is 9.19. The van der Waals surface area contributed by atoms with Crippen LogP contribution in [-0.2, 0) is 14.1 Å². The van der Waals surface area contributed by atoms with E-state index in [1.807, 2.05) is 0 Å². The van der Waals surface area contributed by atoms with Crippen LogP contribution >= 0.6 is 7.81 Å². The Bertz CT molecular complexity index is 357. The summed E-state index contributed by atoms with van der Waals surface area (Å²) < 4.78 is 63.4. The summed E-state index contributed by atoms with van der Waals surface area (Å²) in [4.78, 5) is 0. The molecule has 1 heterocycles. The SMILES string of the molecule is C.Cc1c(C)[n+](C)cn1C.F[P-](F)(F)(F)(F)F. The molecule has 0 bridgehead atoms. The van der Waals surface area contributed by atoms with Gasteiger partial charge in [-0.2, -0.15) is 0 Å². The van der Waals surface area contributed by atoms with Gasteiger partial charge in [0.2, 0.25) is 6.33 Å². The number of hydrogen-bond acceptors (Lipinski definition) is 0. The molecule has 0 spiro atoms. The predicted octanol–water partition coefficient (Wildman–Crippen LogP) is 4.48. The van der Waals surface area contributed by atoms with Gasteiger partial charge in [-0.1, -0.05) is 7.43 Å². The summed E-state index contributed by atoms with van der Waals surface area (Å²) in [5.41, 5.74) is 2.66. The molecule has 0 atom stereocenters. The normalized spacial score (nSPS) is 14.9. The van der Waals surface area contributed by atoms with Gasteiger partial charge in [0.05, 0.1) is 14.1 Å². The van der Waals surface area contributed by atoms with Gasteiger partial charge in [0.25, 0.3) is 0 Å². The van der Waals surface area contributed by atoms with E-state index in [0.29, 0.717) is 0 Å². The molecule has 0 aromatic carbocycles. The Morgan fingerprint density at radius 1 is 1.06 bits per heavy atom. The van der Waals surface area contributed by atoms with E-state index in [9.17, 15) is 25.2 Å². The van der Waals surface area contributed by atoms with Crippen molar-refractivity contribution < 1.29 is 29.7 Å². The zero-order valence-corrected chi connectivity index (χ0v) is 10.1.